The lowest BCUT2D eigenvalue weighted by molar-refractivity contribution is -0.115. The van der Waals surface area contributed by atoms with E-state index in [1.165, 1.54) is 12.1 Å². The quantitative estimate of drug-likeness (QED) is 0.527. The number of carbonyl (C=O) groups excluding carboxylic acids is 1. The van der Waals surface area contributed by atoms with Gasteiger partial charge in [0.2, 0.25) is 5.91 Å². The van der Waals surface area contributed by atoms with E-state index < -0.39 is 0 Å². The molecule has 1 aromatic heterocycles. The van der Waals surface area contributed by atoms with Crippen molar-refractivity contribution in [3.05, 3.63) is 84.2 Å². The molecule has 6 heteroatoms. The number of fused-ring (bicyclic) bond motifs is 1. The first-order valence-electron chi connectivity index (χ1n) is 8.94. The average Bonchev–Trinajstić information content (AvgIpc) is 3.32. The van der Waals surface area contributed by atoms with Gasteiger partial charge in [-0.15, -0.1) is 11.8 Å². The molecule has 1 aliphatic rings. The van der Waals surface area contributed by atoms with Gasteiger partial charge in [0.25, 0.3) is 0 Å². The molecule has 138 valence electrons. The van der Waals surface area contributed by atoms with Crippen LogP contribution in [0.5, 0.6) is 0 Å². The highest BCUT2D eigenvalue weighted by Crippen LogP contribution is 2.44. The zero-order valence-corrected chi connectivity index (χ0v) is 15.6. The molecular formula is C22H16FN3OS. The predicted molar refractivity (Wildman–Crippen MR) is 111 cm³/mol. The van der Waals surface area contributed by atoms with Gasteiger partial charge < -0.3 is 4.98 Å². The maximum Gasteiger partial charge on any atom is 0.238 e. The average molecular weight is 389 g/mol. The first-order chi connectivity index (χ1) is 13.7. The molecule has 28 heavy (non-hydrogen) atoms. The summed E-state index contributed by atoms with van der Waals surface area (Å²) in [6, 6.07) is 21.9. The molecule has 1 aliphatic heterocycles. The third kappa shape index (κ3) is 2.86. The van der Waals surface area contributed by atoms with Crippen LogP contribution in [0.15, 0.2) is 72.8 Å². The standard InChI is InChI=1S/C22H16FN3OS/c23-15-11-9-14(10-12-15)22-26(20(27)13-28-22)19-8-4-1-5-16(19)21-24-17-6-2-3-7-18(17)25-21/h1-12,22H,13H2,(H,24,25). The number of hydrogen-bond donors (Lipinski definition) is 1. The normalized spacial score (nSPS) is 16.8. The van der Waals surface area contributed by atoms with E-state index in [4.69, 9.17) is 4.98 Å². The van der Waals surface area contributed by atoms with Crippen LogP contribution in [0.25, 0.3) is 22.4 Å². The van der Waals surface area contributed by atoms with E-state index in [0.29, 0.717) is 5.75 Å². The fourth-order valence-corrected chi connectivity index (χ4v) is 4.69. The Morgan fingerprint density at radius 2 is 1.75 bits per heavy atom. The number of rotatable bonds is 3. The van der Waals surface area contributed by atoms with Gasteiger partial charge in [-0.25, -0.2) is 9.37 Å². The summed E-state index contributed by atoms with van der Waals surface area (Å²) in [4.78, 5) is 22.6. The van der Waals surface area contributed by atoms with Crippen LogP contribution in [-0.4, -0.2) is 21.6 Å². The molecule has 0 radical (unpaired) electrons. The van der Waals surface area contributed by atoms with Crippen LogP contribution in [0.1, 0.15) is 10.9 Å². The Morgan fingerprint density at radius 1 is 1.00 bits per heavy atom. The van der Waals surface area contributed by atoms with Gasteiger partial charge in [-0.2, -0.15) is 0 Å². The number of thioether (sulfide) groups is 1. The molecule has 0 saturated carbocycles. The second-order valence-corrected chi connectivity index (χ2v) is 7.67. The molecule has 1 atom stereocenters. The molecule has 1 N–H and O–H groups in total. The van der Waals surface area contributed by atoms with Gasteiger partial charge in [-0.3, -0.25) is 9.69 Å². The van der Waals surface area contributed by atoms with E-state index in [2.05, 4.69) is 4.98 Å². The van der Waals surface area contributed by atoms with E-state index in [9.17, 15) is 9.18 Å². The molecule has 0 aliphatic carbocycles. The lowest BCUT2D eigenvalue weighted by Gasteiger charge is -2.26. The summed E-state index contributed by atoms with van der Waals surface area (Å²) in [5.74, 6) is 0.853. The second-order valence-electron chi connectivity index (χ2n) is 6.60. The highest BCUT2D eigenvalue weighted by Gasteiger charge is 2.35. The number of aromatic nitrogens is 2. The third-order valence-electron chi connectivity index (χ3n) is 4.83. The highest BCUT2D eigenvalue weighted by molar-refractivity contribution is 8.00. The zero-order chi connectivity index (χ0) is 19.1. The lowest BCUT2D eigenvalue weighted by Crippen LogP contribution is -2.28. The minimum atomic E-state index is -0.285. The maximum atomic E-state index is 13.4. The Labute approximate surface area is 165 Å². The Hall–Kier alpha value is -3.12. The van der Waals surface area contributed by atoms with E-state index in [-0.39, 0.29) is 17.1 Å². The molecular weight excluding hydrogens is 373 g/mol. The molecule has 1 unspecified atom stereocenters. The number of amides is 1. The molecule has 4 nitrogen and oxygen atoms in total. The summed E-state index contributed by atoms with van der Waals surface area (Å²) in [5.41, 5.74) is 4.39. The summed E-state index contributed by atoms with van der Waals surface area (Å²) >= 11 is 1.54. The first kappa shape index (κ1) is 17.0. The predicted octanol–water partition coefficient (Wildman–Crippen LogP) is 5.15. The Balaban J connectivity index is 1.62. The van der Waals surface area contributed by atoms with Crippen molar-refractivity contribution in [3.8, 4) is 11.4 Å². The Bertz CT molecular complexity index is 1140. The highest BCUT2D eigenvalue weighted by atomic mass is 32.2. The van der Waals surface area contributed by atoms with Gasteiger partial charge in [-0.1, -0.05) is 36.4 Å². The van der Waals surface area contributed by atoms with Gasteiger partial charge in [0.15, 0.2) is 0 Å². The lowest BCUT2D eigenvalue weighted by atomic mass is 10.1. The number of anilines is 1. The largest absolute Gasteiger partial charge is 0.338 e. The molecule has 1 amide bonds. The van der Waals surface area contributed by atoms with Gasteiger partial charge in [-0.05, 0) is 42.0 Å². The van der Waals surface area contributed by atoms with Crippen molar-refractivity contribution >= 4 is 34.4 Å². The van der Waals surface area contributed by atoms with Crippen molar-refractivity contribution in [1.29, 1.82) is 0 Å². The van der Waals surface area contributed by atoms with E-state index >= 15 is 0 Å². The van der Waals surface area contributed by atoms with Gasteiger partial charge in [0.1, 0.15) is 17.0 Å². The summed E-state index contributed by atoms with van der Waals surface area (Å²) in [5, 5.41) is -0.196. The molecule has 5 rings (SSSR count). The molecule has 3 aromatic carbocycles. The van der Waals surface area contributed by atoms with Crippen LogP contribution in [0.4, 0.5) is 10.1 Å². The summed E-state index contributed by atoms with van der Waals surface area (Å²) in [7, 11) is 0. The van der Waals surface area contributed by atoms with E-state index in [1.54, 1.807) is 28.8 Å². The SMILES string of the molecule is O=C1CSC(c2ccc(F)cc2)N1c1ccccc1-c1nc2ccccc2[nH]1. The van der Waals surface area contributed by atoms with Gasteiger partial charge in [0.05, 0.1) is 22.5 Å². The fraction of sp³-hybridized carbons (Fsp3) is 0.0909. The van der Waals surface area contributed by atoms with Crippen LogP contribution >= 0.6 is 11.8 Å². The van der Waals surface area contributed by atoms with Crippen LogP contribution in [0.3, 0.4) is 0 Å². The van der Waals surface area contributed by atoms with Crippen LogP contribution in [0.2, 0.25) is 0 Å². The summed E-state index contributed by atoms with van der Waals surface area (Å²) < 4.78 is 13.4. The molecule has 0 spiro atoms. The number of H-pyrrole nitrogens is 1. The maximum absolute atomic E-state index is 13.4. The monoisotopic (exact) mass is 389 g/mol. The third-order valence-corrected chi connectivity index (χ3v) is 6.04. The number of aromatic amines is 1. The summed E-state index contributed by atoms with van der Waals surface area (Å²) in [6.07, 6.45) is 0. The van der Waals surface area contributed by atoms with Crippen molar-refractivity contribution in [3.63, 3.8) is 0 Å². The molecule has 1 fully saturated rings. The second kappa shape index (κ2) is 6.80. The van der Waals surface area contributed by atoms with Crippen molar-refractivity contribution < 1.29 is 9.18 Å². The van der Waals surface area contributed by atoms with Crippen LogP contribution < -0.4 is 4.90 Å². The van der Waals surface area contributed by atoms with E-state index in [1.807, 2.05) is 48.5 Å². The number of benzene rings is 3. The molecule has 2 heterocycles. The van der Waals surface area contributed by atoms with Crippen molar-refractivity contribution in [2.24, 2.45) is 0 Å². The van der Waals surface area contributed by atoms with Gasteiger partial charge in [0, 0.05) is 5.56 Å². The minimum Gasteiger partial charge on any atom is -0.338 e. The Morgan fingerprint density at radius 3 is 2.57 bits per heavy atom. The number of nitrogens with one attached hydrogen (secondary N) is 1. The Kier molecular flexibility index (Phi) is 4.13. The topological polar surface area (TPSA) is 49.0 Å². The minimum absolute atomic E-state index is 0.0305. The smallest absolute Gasteiger partial charge is 0.238 e. The van der Waals surface area contributed by atoms with Crippen molar-refractivity contribution in [2.45, 2.75) is 5.37 Å². The number of para-hydroxylation sites is 3. The number of imidazole rings is 1. The van der Waals surface area contributed by atoms with Crippen LogP contribution in [-0.2, 0) is 4.79 Å². The number of hydrogen-bond acceptors (Lipinski definition) is 3. The van der Waals surface area contributed by atoms with Crippen molar-refractivity contribution in [2.75, 3.05) is 10.7 Å². The van der Waals surface area contributed by atoms with Crippen molar-refractivity contribution in [1.82, 2.24) is 9.97 Å². The fourth-order valence-electron chi connectivity index (χ4n) is 3.52. The number of nitrogens with zero attached hydrogens (tertiary/aromatic N) is 2. The first-order valence-corrected chi connectivity index (χ1v) is 9.99. The molecule has 0 bridgehead atoms. The van der Waals surface area contributed by atoms with E-state index in [0.717, 1.165) is 33.7 Å². The zero-order valence-electron chi connectivity index (χ0n) is 14.8. The van der Waals surface area contributed by atoms with Crippen LogP contribution in [0, 0.1) is 5.82 Å². The molecule has 4 aromatic rings. The van der Waals surface area contributed by atoms with Gasteiger partial charge >= 0.3 is 0 Å². The molecule has 1 saturated heterocycles. The number of halogens is 1. The number of carbonyl (C=O) groups is 1. The summed E-state index contributed by atoms with van der Waals surface area (Å²) in [6.45, 7) is 0.